The summed E-state index contributed by atoms with van der Waals surface area (Å²) in [6.45, 7) is 5.70. The normalized spacial score (nSPS) is 17.1. The topological polar surface area (TPSA) is 87.1 Å². The van der Waals surface area contributed by atoms with Crippen molar-refractivity contribution < 1.29 is 4.79 Å². The molecular formula is C22H23N7O. The summed E-state index contributed by atoms with van der Waals surface area (Å²) in [6.07, 6.45) is 6.74. The molecule has 0 aromatic carbocycles. The van der Waals surface area contributed by atoms with Crippen molar-refractivity contribution in [1.29, 1.82) is 0 Å². The smallest absolute Gasteiger partial charge is 0.329 e. The molecule has 0 aliphatic carbocycles. The molecule has 0 unspecified atom stereocenters. The molecule has 2 aliphatic heterocycles. The molecule has 5 rings (SSSR count). The summed E-state index contributed by atoms with van der Waals surface area (Å²) in [5.74, 6) is 1.15. The molecular weight excluding hydrogens is 378 g/mol. The van der Waals surface area contributed by atoms with E-state index in [1.165, 1.54) is 0 Å². The first kappa shape index (κ1) is 18.5. The second-order valence-corrected chi connectivity index (χ2v) is 7.66. The number of rotatable bonds is 3. The van der Waals surface area contributed by atoms with E-state index in [9.17, 15) is 4.79 Å². The standard InChI is InChI=1S/C22H23N7O/c1-3-16-11-23-12-20(25-16)27-22(30)29-17-7-9-28(13-17)19-5-4-18(26-21(19)29)15-6-8-24-14(2)10-15/h4-6,8,10-12,17H,3,7,9,13H2,1-2H3,(H,25,27,30)/t17-/m0/s1. The van der Waals surface area contributed by atoms with Crippen molar-refractivity contribution in [2.24, 2.45) is 0 Å². The summed E-state index contributed by atoms with van der Waals surface area (Å²) < 4.78 is 0. The van der Waals surface area contributed by atoms with E-state index in [-0.39, 0.29) is 12.1 Å². The van der Waals surface area contributed by atoms with Crippen LogP contribution in [-0.4, -0.2) is 45.1 Å². The van der Waals surface area contributed by atoms with Gasteiger partial charge in [0.05, 0.1) is 29.3 Å². The number of aromatic nitrogens is 4. The summed E-state index contributed by atoms with van der Waals surface area (Å²) in [7, 11) is 0. The van der Waals surface area contributed by atoms with Gasteiger partial charge in [0.1, 0.15) is 0 Å². The molecule has 30 heavy (non-hydrogen) atoms. The highest BCUT2D eigenvalue weighted by Gasteiger charge is 2.40. The predicted octanol–water partition coefficient (Wildman–Crippen LogP) is 3.44. The Morgan fingerprint density at radius 2 is 2.13 bits per heavy atom. The van der Waals surface area contributed by atoms with Crippen LogP contribution in [0.15, 0.2) is 42.9 Å². The molecule has 0 saturated carbocycles. The van der Waals surface area contributed by atoms with Crippen molar-refractivity contribution in [3.05, 3.63) is 54.2 Å². The Morgan fingerprint density at radius 3 is 2.97 bits per heavy atom. The number of hydrogen-bond acceptors (Lipinski definition) is 6. The number of carbonyl (C=O) groups is 1. The Labute approximate surface area is 175 Å². The Morgan fingerprint density at radius 1 is 1.23 bits per heavy atom. The summed E-state index contributed by atoms with van der Waals surface area (Å²) in [5, 5.41) is 2.92. The van der Waals surface area contributed by atoms with Crippen LogP contribution in [0.4, 0.5) is 22.1 Å². The van der Waals surface area contributed by atoms with Crippen LogP contribution in [-0.2, 0) is 6.42 Å². The largest absolute Gasteiger partial charge is 0.366 e. The van der Waals surface area contributed by atoms with Gasteiger partial charge >= 0.3 is 6.03 Å². The number of hydrogen-bond donors (Lipinski definition) is 1. The number of fused-ring (bicyclic) bond motifs is 4. The van der Waals surface area contributed by atoms with Crippen molar-refractivity contribution in [3.63, 3.8) is 0 Å². The van der Waals surface area contributed by atoms with E-state index in [2.05, 4.69) is 31.2 Å². The maximum absolute atomic E-state index is 13.3. The molecule has 1 atom stereocenters. The lowest BCUT2D eigenvalue weighted by Gasteiger charge is -2.35. The van der Waals surface area contributed by atoms with Gasteiger partial charge in [0, 0.05) is 36.7 Å². The van der Waals surface area contributed by atoms with Gasteiger partial charge in [-0.2, -0.15) is 0 Å². The van der Waals surface area contributed by atoms with Crippen LogP contribution in [0, 0.1) is 6.92 Å². The van der Waals surface area contributed by atoms with Crippen LogP contribution in [0.2, 0.25) is 0 Å². The first-order valence-corrected chi connectivity index (χ1v) is 10.2. The van der Waals surface area contributed by atoms with Crippen molar-refractivity contribution in [2.75, 3.05) is 28.2 Å². The Bertz CT molecular complexity index is 1120. The quantitative estimate of drug-likeness (QED) is 0.723. The zero-order valence-corrected chi connectivity index (χ0v) is 17.0. The van der Waals surface area contributed by atoms with Crippen LogP contribution < -0.4 is 15.1 Å². The lowest BCUT2D eigenvalue weighted by atomic mass is 10.1. The number of urea groups is 1. The highest BCUT2D eigenvalue weighted by molar-refractivity contribution is 6.04. The van der Waals surface area contributed by atoms with Gasteiger partial charge in [-0.1, -0.05) is 6.92 Å². The van der Waals surface area contributed by atoms with Crippen molar-refractivity contribution in [2.45, 2.75) is 32.7 Å². The third kappa shape index (κ3) is 3.24. The molecule has 5 heterocycles. The van der Waals surface area contributed by atoms with Crippen molar-refractivity contribution in [1.82, 2.24) is 19.9 Å². The van der Waals surface area contributed by atoms with Crippen LogP contribution in [0.3, 0.4) is 0 Å². The number of nitrogens with zero attached hydrogens (tertiary/aromatic N) is 6. The van der Waals surface area contributed by atoms with Gasteiger partial charge in [0.2, 0.25) is 0 Å². The van der Waals surface area contributed by atoms with Crippen LogP contribution in [0.25, 0.3) is 11.3 Å². The third-order valence-corrected chi connectivity index (χ3v) is 5.64. The Balaban J connectivity index is 1.52. The zero-order valence-electron chi connectivity index (χ0n) is 17.0. The summed E-state index contributed by atoms with van der Waals surface area (Å²) >= 11 is 0. The highest BCUT2D eigenvalue weighted by Crippen LogP contribution is 2.40. The van der Waals surface area contributed by atoms with Gasteiger partial charge in [0.25, 0.3) is 0 Å². The Kier molecular flexibility index (Phi) is 4.54. The second kappa shape index (κ2) is 7.37. The molecule has 8 heteroatoms. The predicted molar refractivity (Wildman–Crippen MR) is 116 cm³/mol. The number of anilines is 3. The first-order valence-electron chi connectivity index (χ1n) is 10.2. The average Bonchev–Trinajstić information content (AvgIpc) is 3.18. The molecule has 1 N–H and O–H groups in total. The molecule has 0 radical (unpaired) electrons. The summed E-state index contributed by atoms with van der Waals surface area (Å²) in [4.78, 5) is 35.2. The monoisotopic (exact) mass is 401 g/mol. The Hall–Kier alpha value is -3.55. The third-order valence-electron chi connectivity index (χ3n) is 5.64. The lowest BCUT2D eigenvalue weighted by Crippen LogP contribution is -2.48. The molecule has 1 saturated heterocycles. The van der Waals surface area contributed by atoms with Gasteiger partial charge in [-0.25, -0.2) is 14.8 Å². The van der Waals surface area contributed by atoms with E-state index in [0.717, 1.165) is 54.3 Å². The molecule has 3 aromatic rings. The van der Waals surface area contributed by atoms with E-state index in [1.807, 2.05) is 32.0 Å². The molecule has 1 fully saturated rings. The van der Waals surface area contributed by atoms with E-state index in [0.29, 0.717) is 11.6 Å². The molecule has 0 spiro atoms. The van der Waals surface area contributed by atoms with Gasteiger partial charge in [-0.15, -0.1) is 0 Å². The fourth-order valence-electron chi connectivity index (χ4n) is 4.14. The number of carbonyl (C=O) groups excluding carboxylic acids is 1. The molecule has 3 aromatic heterocycles. The van der Waals surface area contributed by atoms with E-state index in [4.69, 9.17) is 4.98 Å². The minimum absolute atomic E-state index is 0.0849. The van der Waals surface area contributed by atoms with Crippen LogP contribution >= 0.6 is 0 Å². The van der Waals surface area contributed by atoms with E-state index < -0.39 is 0 Å². The fourth-order valence-corrected chi connectivity index (χ4v) is 4.14. The molecule has 2 bridgehead atoms. The second-order valence-electron chi connectivity index (χ2n) is 7.66. The number of nitrogens with one attached hydrogen (secondary N) is 1. The molecule has 2 aliphatic rings. The van der Waals surface area contributed by atoms with Gasteiger partial charge in [-0.3, -0.25) is 20.2 Å². The number of pyridine rings is 2. The summed E-state index contributed by atoms with van der Waals surface area (Å²) in [6, 6.07) is 7.88. The SMILES string of the molecule is CCc1cncc(NC(=O)N2c3nc(-c4ccnc(C)c4)ccc3N3CC[C@H]2C3)n1. The number of aryl methyl sites for hydroxylation is 2. The van der Waals surface area contributed by atoms with Gasteiger partial charge in [-0.05, 0) is 44.0 Å². The molecule has 152 valence electrons. The van der Waals surface area contributed by atoms with Gasteiger partial charge < -0.3 is 4.90 Å². The molecule has 2 amide bonds. The average molecular weight is 401 g/mol. The summed E-state index contributed by atoms with van der Waals surface area (Å²) in [5.41, 5.74) is 4.57. The van der Waals surface area contributed by atoms with Crippen LogP contribution in [0.5, 0.6) is 0 Å². The van der Waals surface area contributed by atoms with Crippen molar-refractivity contribution in [3.8, 4) is 11.3 Å². The van der Waals surface area contributed by atoms with E-state index in [1.54, 1.807) is 23.5 Å². The maximum atomic E-state index is 13.3. The minimum atomic E-state index is -0.221. The first-order chi connectivity index (χ1) is 14.6. The van der Waals surface area contributed by atoms with Gasteiger partial charge in [0.15, 0.2) is 11.6 Å². The zero-order chi connectivity index (χ0) is 20.7. The lowest BCUT2D eigenvalue weighted by molar-refractivity contribution is 0.254. The minimum Gasteiger partial charge on any atom is -0.366 e. The molecule has 8 nitrogen and oxygen atoms in total. The van der Waals surface area contributed by atoms with E-state index >= 15 is 0 Å². The highest BCUT2D eigenvalue weighted by atomic mass is 16.2. The number of amides is 2. The van der Waals surface area contributed by atoms with Crippen LogP contribution in [0.1, 0.15) is 24.7 Å². The fraction of sp³-hybridized carbons (Fsp3) is 0.318. The van der Waals surface area contributed by atoms with Crippen molar-refractivity contribution >= 4 is 23.4 Å². The maximum Gasteiger partial charge on any atom is 0.329 e.